The molecule has 2 N–H and O–H groups in total. The lowest BCUT2D eigenvalue weighted by Gasteiger charge is -2.26. The molecule has 0 spiro atoms. The highest BCUT2D eigenvalue weighted by Crippen LogP contribution is 2.28. The molecule has 1 aliphatic rings. The van der Waals surface area contributed by atoms with Gasteiger partial charge in [-0.05, 0) is 57.1 Å². The molecule has 1 fully saturated rings. The maximum atomic E-state index is 6.03. The van der Waals surface area contributed by atoms with Crippen LogP contribution in [0.5, 0.6) is 0 Å². The van der Waals surface area contributed by atoms with E-state index in [1.165, 1.54) is 55.6 Å². The largest absolute Gasteiger partial charge is 0.371 e. The Morgan fingerprint density at radius 3 is 2.80 bits per heavy atom. The van der Waals surface area contributed by atoms with Crippen molar-refractivity contribution in [3.05, 3.63) is 29.3 Å². The van der Waals surface area contributed by atoms with Crippen LogP contribution in [0, 0.1) is 12.8 Å². The fourth-order valence-corrected chi connectivity index (χ4v) is 3.35. The average molecular weight is 274 g/mol. The van der Waals surface area contributed by atoms with Crippen LogP contribution in [-0.2, 0) is 6.42 Å². The van der Waals surface area contributed by atoms with Gasteiger partial charge in [-0.2, -0.15) is 0 Å². The molecule has 20 heavy (non-hydrogen) atoms. The third-order valence-electron chi connectivity index (χ3n) is 4.54. The molecule has 0 aliphatic carbocycles. The summed E-state index contributed by atoms with van der Waals surface area (Å²) in [5, 5.41) is 0. The van der Waals surface area contributed by atoms with Crippen molar-refractivity contribution < 1.29 is 0 Å². The highest BCUT2D eigenvalue weighted by Gasteiger charge is 2.18. The maximum Gasteiger partial charge on any atom is 0.0399 e. The van der Waals surface area contributed by atoms with Gasteiger partial charge in [-0.15, -0.1) is 0 Å². The van der Waals surface area contributed by atoms with Crippen LogP contribution in [0.15, 0.2) is 18.2 Å². The van der Waals surface area contributed by atoms with E-state index in [4.69, 9.17) is 5.73 Å². The van der Waals surface area contributed by atoms with Crippen molar-refractivity contribution >= 4 is 5.69 Å². The molecule has 0 radical (unpaired) electrons. The number of hydrogen-bond donors (Lipinski definition) is 1. The molecule has 2 nitrogen and oxygen atoms in total. The molecule has 2 rings (SSSR count). The van der Waals surface area contributed by atoms with Gasteiger partial charge < -0.3 is 10.6 Å². The molecule has 0 amide bonds. The summed E-state index contributed by atoms with van der Waals surface area (Å²) in [6.45, 7) is 9.00. The molecule has 2 unspecified atom stereocenters. The molecule has 1 aromatic carbocycles. The summed E-state index contributed by atoms with van der Waals surface area (Å²) in [6.07, 6.45) is 6.35. The first kappa shape index (κ1) is 15.4. The number of rotatable bonds is 4. The Bertz CT molecular complexity index is 425. The van der Waals surface area contributed by atoms with Crippen LogP contribution >= 0.6 is 0 Å². The molecule has 2 atom stereocenters. The lowest BCUT2D eigenvalue weighted by atomic mass is 9.98. The van der Waals surface area contributed by atoms with Crippen molar-refractivity contribution in [1.29, 1.82) is 0 Å². The molecule has 0 aromatic heterocycles. The zero-order valence-corrected chi connectivity index (χ0v) is 13.4. The number of nitrogens with zero attached hydrogens (tertiary/aromatic N) is 1. The minimum Gasteiger partial charge on any atom is -0.371 e. The summed E-state index contributed by atoms with van der Waals surface area (Å²) in [6, 6.07) is 7.09. The molecule has 1 aliphatic heterocycles. The number of anilines is 1. The fraction of sp³-hybridized carbons (Fsp3) is 0.667. The van der Waals surface area contributed by atoms with Gasteiger partial charge >= 0.3 is 0 Å². The molecule has 1 heterocycles. The summed E-state index contributed by atoms with van der Waals surface area (Å²) in [7, 11) is 0. The van der Waals surface area contributed by atoms with Crippen LogP contribution in [-0.4, -0.2) is 19.1 Å². The lowest BCUT2D eigenvalue weighted by Crippen LogP contribution is -2.27. The Morgan fingerprint density at radius 2 is 2.10 bits per heavy atom. The van der Waals surface area contributed by atoms with Crippen molar-refractivity contribution in [3.8, 4) is 0 Å². The summed E-state index contributed by atoms with van der Waals surface area (Å²) in [5.74, 6) is 0.919. The van der Waals surface area contributed by atoms with Crippen LogP contribution in [0.1, 0.15) is 50.7 Å². The number of hydrogen-bond acceptors (Lipinski definition) is 2. The minimum absolute atomic E-state index is 0.228. The normalized spacial score (nSPS) is 21.6. The van der Waals surface area contributed by atoms with E-state index >= 15 is 0 Å². The smallest absolute Gasteiger partial charge is 0.0399 e. The molecular weight excluding hydrogens is 244 g/mol. The number of benzene rings is 1. The second-order valence-electron chi connectivity index (χ2n) is 6.51. The Labute approximate surface area is 124 Å². The molecular formula is C18H30N2. The van der Waals surface area contributed by atoms with Gasteiger partial charge in [0, 0.05) is 24.8 Å². The van der Waals surface area contributed by atoms with Crippen LogP contribution in [0.25, 0.3) is 0 Å². The quantitative estimate of drug-likeness (QED) is 0.902. The van der Waals surface area contributed by atoms with E-state index < -0.39 is 0 Å². The van der Waals surface area contributed by atoms with E-state index in [9.17, 15) is 0 Å². The monoisotopic (exact) mass is 274 g/mol. The van der Waals surface area contributed by atoms with E-state index in [1.54, 1.807) is 0 Å². The van der Waals surface area contributed by atoms with Crippen molar-refractivity contribution in [2.45, 2.75) is 58.9 Å². The SMILES string of the molecule is CCC1CCCN(c2ccc(C)cc2CC(C)N)CC1. The van der Waals surface area contributed by atoms with Gasteiger partial charge in [0.15, 0.2) is 0 Å². The van der Waals surface area contributed by atoms with E-state index in [0.717, 1.165) is 12.3 Å². The molecule has 0 saturated carbocycles. The average Bonchev–Trinajstić information content (AvgIpc) is 2.63. The Kier molecular flexibility index (Phi) is 5.47. The molecule has 1 saturated heterocycles. The Balaban J connectivity index is 2.18. The third-order valence-corrected chi connectivity index (χ3v) is 4.54. The van der Waals surface area contributed by atoms with E-state index in [2.05, 4.69) is 43.9 Å². The van der Waals surface area contributed by atoms with Crippen molar-refractivity contribution in [2.24, 2.45) is 11.7 Å². The fourth-order valence-electron chi connectivity index (χ4n) is 3.35. The van der Waals surface area contributed by atoms with E-state index in [1.807, 2.05) is 0 Å². The number of aryl methyl sites for hydroxylation is 1. The maximum absolute atomic E-state index is 6.03. The first-order chi connectivity index (χ1) is 9.60. The molecule has 0 bridgehead atoms. The van der Waals surface area contributed by atoms with Crippen molar-refractivity contribution in [1.82, 2.24) is 0 Å². The summed E-state index contributed by atoms with van der Waals surface area (Å²) in [5.41, 5.74) is 10.2. The zero-order valence-electron chi connectivity index (χ0n) is 13.4. The van der Waals surface area contributed by atoms with Crippen molar-refractivity contribution in [3.63, 3.8) is 0 Å². The first-order valence-corrected chi connectivity index (χ1v) is 8.20. The minimum atomic E-state index is 0.228. The van der Waals surface area contributed by atoms with E-state index in [0.29, 0.717) is 0 Å². The summed E-state index contributed by atoms with van der Waals surface area (Å²) in [4.78, 5) is 2.59. The Hall–Kier alpha value is -1.02. The van der Waals surface area contributed by atoms with Gasteiger partial charge in [0.25, 0.3) is 0 Å². The van der Waals surface area contributed by atoms with Crippen LogP contribution in [0.3, 0.4) is 0 Å². The van der Waals surface area contributed by atoms with Crippen LogP contribution in [0.2, 0.25) is 0 Å². The molecule has 1 aromatic rings. The van der Waals surface area contributed by atoms with Gasteiger partial charge in [-0.1, -0.05) is 31.0 Å². The zero-order chi connectivity index (χ0) is 14.5. The van der Waals surface area contributed by atoms with Gasteiger partial charge in [0.2, 0.25) is 0 Å². The molecule has 112 valence electrons. The molecule has 2 heteroatoms. The summed E-state index contributed by atoms with van der Waals surface area (Å²) < 4.78 is 0. The standard InChI is InChI=1S/C18H30N2/c1-4-16-6-5-10-20(11-9-16)18-8-7-14(2)12-17(18)13-15(3)19/h7-8,12,15-16H,4-6,9-11,13,19H2,1-3H3. The second-order valence-corrected chi connectivity index (χ2v) is 6.51. The van der Waals surface area contributed by atoms with Crippen molar-refractivity contribution in [2.75, 3.05) is 18.0 Å². The van der Waals surface area contributed by atoms with Crippen LogP contribution in [0.4, 0.5) is 5.69 Å². The van der Waals surface area contributed by atoms with Crippen LogP contribution < -0.4 is 10.6 Å². The van der Waals surface area contributed by atoms with Gasteiger partial charge in [-0.3, -0.25) is 0 Å². The first-order valence-electron chi connectivity index (χ1n) is 8.20. The highest BCUT2D eigenvalue weighted by molar-refractivity contribution is 5.55. The Morgan fingerprint density at radius 1 is 1.30 bits per heavy atom. The van der Waals surface area contributed by atoms with Gasteiger partial charge in [0.05, 0.1) is 0 Å². The topological polar surface area (TPSA) is 29.3 Å². The number of nitrogens with two attached hydrogens (primary N) is 1. The second kappa shape index (κ2) is 7.12. The van der Waals surface area contributed by atoms with Gasteiger partial charge in [0.1, 0.15) is 0 Å². The predicted molar refractivity (Wildman–Crippen MR) is 88.4 cm³/mol. The summed E-state index contributed by atoms with van der Waals surface area (Å²) >= 11 is 0. The lowest BCUT2D eigenvalue weighted by molar-refractivity contribution is 0.459. The van der Waals surface area contributed by atoms with Gasteiger partial charge in [-0.25, -0.2) is 0 Å². The van der Waals surface area contributed by atoms with E-state index in [-0.39, 0.29) is 6.04 Å². The third kappa shape index (κ3) is 3.99. The predicted octanol–water partition coefficient (Wildman–Crippen LogP) is 3.90. The highest BCUT2D eigenvalue weighted by atomic mass is 15.1.